The Morgan fingerprint density at radius 1 is 1.25 bits per heavy atom. The maximum Gasteiger partial charge on any atom is 0.356 e. The second-order valence-corrected chi connectivity index (χ2v) is 6.38. The predicted octanol–water partition coefficient (Wildman–Crippen LogP) is 2.39. The third-order valence-corrected chi connectivity index (χ3v) is 4.39. The van der Waals surface area contributed by atoms with Crippen LogP contribution < -0.4 is 0 Å². The minimum Gasteiger partial charge on any atom is -0.476 e. The molecule has 1 aromatic heterocycles. The van der Waals surface area contributed by atoms with Gasteiger partial charge in [-0.25, -0.2) is 4.79 Å². The summed E-state index contributed by atoms with van der Waals surface area (Å²) in [6.45, 7) is 4.78. The van der Waals surface area contributed by atoms with Crippen LogP contribution in [-0.4, -0.2) is 37.7 Å². The van der Waals surface area contributed by atoms with Crippen molar-refractivity contribution in [3.8, 4) is 0 Å². The number of nitrogens with zero attached hydrogens (tertiary/aromatic N) is 3. The van der Waals surface area contributed by atoms with Gasteiger partial charge in [0, 0.05) is 18.8 Å². The molecule has 24 heavy (non-hydrogen) atoms. The summed E-state index contributed by atoms with van der Waals surface area (Å²) in [6, 6.07) is 7.94. The summed E-state index contributed by atoms with van der Waals surface area (Å²) in [5.74, 6) is -1.12. The first kappa shape index (κ1) is 16.2. The standard InChI is InChI=1S/C18H21N3O3/c1-12-3-4-14(9-13(12)2)10-21(15-5-6-15)17(22)11-20-8-7-16(19-20)18(23)24/h3-4,7-9,15H,5-6,10-11H2,1-2H3,(H,23,24). The molecule has 6 nitrogen and oxygen atoms in total. The Morgan fingerprint density at radius 2 is 2.00 bits per heavy atom. The Bertz CT molecular complexity index is 778. The van der Waals surface area contributed by atoms with Crippen molar-refractivity contribution in [1.29, 1.82) is 0 Å². The lowest BCUT2D eigenvalue weighted by molar-refractivity contribution is -0.133. The fourth-order valence-electron chi connectivity index (χ4n) is 2.70. The van der Waals surface area contributed by atoms with Crippen LogP contribution in [0.15, 0.2) is 30.5 Å². The van der Waals surface area contributed by atoms with Crippen LogP contribution in [0.25, 0.3) is 0 Å². The fraction of sp³-hybridized carbons (Fsp3) is 0.389. The van der Waals surface area contributed by atoms with E-state index in [-0.39, 0.29) is 24.2 Å². The number of hydrogen-bond donors (Lipinski definition) is 1. The van der Waals surface area contributed by atoms with Crippen molar-refractivity contribution in [2.24, 2.45) is 0 Å². The molecule has 126 valence electrons. The number of carboxylic acid groups (broad SMARTS) is 1. The summed E-state index contributed by atoms with van der Waals surface area (Å²) in [7, 11) is 0. The van der Waals surface area contributed by atoms with Gasteiger partial charge in [-0.05, 0) is 49.4 Å². The Labute approximate surface area is 140 Å². The summed E-state index contributed by atoms with van der Waals surface area (Å²) >= 11 is 0. The largest absolute Gasteiger partial charge is 0.476 e. The molecule has 1 aliphatic rings. The van der Waals surface area contributed by atoms with Gasteiger partial charge in [-0.2, -0.15) is 5.10 Å². The lowest BCUT2D eigenvalue weighted by atomic mass is 10.1. The quantitative estimate of drug-likeness (QED) is 0.884. The van der Waals surface area contributed by atoms with E-state index >= 15 is 0 Å². The second kappa shape index (κ2) is 6.47. The molecule has 1 N–H and O–H groups in total. The van der Waals surface area contributed by atoms with Gasteiger partial charge in [0.25, 0.3) is 0 Å². The highest BCUT2D eigenvalue weighted by atomic mass is 16.4. The van der Waals surface area contributed by atoms with Crippen LogP contribution in [0.2, 0.25) is 0 Å². The van der Waals surface area contributed by atoms with Gasteiger partial charge < -0.3 is 10.0 Å². The molecule has 0 unspecified atom stereocenters. The van der Waals surface area contributed by atoms with Crippen molar-refractivity contribution in [3.63, 3.8) is 0 Å². The maximum atomic E-state index is 12.6. The lowest BCUT2D eigenvalue weighted by Crippen LogP contribution is -2.35. The van der Waals surface area contributed by atoms with E-state index in [2.05, 4.69) is 37.1 Å². The highest BCUT2D eigenvalue weighted by Gasteiger charge is 2.32. The number of carbonyl (C=O) groups excluding carboxylic acids is 1. The SMILES string of the molecule is Cc1ccc(CN(C(=O)Cn2ccc(C(=O)O)n2)C2CC2)cc1C. The zero-order valence-corrected chi connectivity index (χ0v) is 13.9. The summed E-state index contributed by atoms with van der Waals surface area (Å²) < 4.78 is 1.39. The highest BCUT2D eigenvalue weighted by molar-refractivity contribution is 5.85. The third-order valence-electron chi connectivity index (χ3n) is 4.39. The van der Waals surface area contributed by atoms with Crippen molar-refractivity contribution in [2.45, 2.75) is 45.8 Å². The predicted molar refractivity (Wildman–Crippen MR) is 88.7 cm³/mol. The van der Waals surface area contributed by atoms with Gasteiger partial charge in [-0.15, -0.1) is 0 Å². The molecule has 1 aliphatic carbocycles. The third kappa shape index (κ3) is 3.64. The zero-order chi connectivity index (χ0) is 17.3. The highest BCUT2D eigenvalue weighted by Crippen LogP contribution is 2.29. The van der Waals surface area contributed by atoms with E-state index in [0.29, 0.717) is 6.54 Å². The maximum absolute atomic E-state index is 12.6. The van der Waals surface area contributed by atoms with Gasteiger partial charge in [0.15, 0.2) is 5.69 Å². The number of amides is 1. The van der Waals surface area contributed by atoms with E-state index < -0.39 is 5.97 Å². The number of benzene rings is 1. The van der Waals surface area contributed by atoms with Crippen molar-refractivity contribution < 1.29 is 14.7 Å². The topological polar surface area (TPSA) is 75.4 Å². The van der Waals surface area contributed by atoms with E-state index in [1.165, 1.54) is 28.1 Å². The van der Waals surface area contributed by atoms with Gasteiger partial charge in [0.05, 0.1) is 0 Å². The van der Waals surface area contributed by atoms with E-state index in [1.807, 2.05) is 4.90 Å². The average Bonchev–Trinajstić information content (AvgIpc) is 3.26. The number of carboxylic acids is 1. The molecule has 1 aromatic carbocycles. The van der Waals surface area contributed by atoms with Crippen LogP contribution in [0.5, 0.6) is 0 Å². The fourth-order valence-corrected chi connectivity index (χ4v) is 2.70. The van der Waals surface area contributed by atoms with Crippen LogP contribution in [0, 0.1) is 13.8 Å². The molecule has 1 fully saturated rings. The number of rotatable bonds is 6. The van der Waals surface area contributed by atoms with Crippen LogP contribution in [0.4, 0.5) is 0 Å². The average molecular weight is 327 g/mol. The Kier molecular flexibility index (Phi) is 4.38. The van der Waals surface area contributed by atoms with Gasteiger partial charge in [0.2, 0.25) is 5.91 Å². The lowest BCUT2D eigenvalue weighted by Gasteiger charge is -2.23. The molecular formula is C18H21N3O3. The second-order valence-electron chi connectivity index (χ2n) is 6.38. The van der Waals surface area contributed by atoms with Crippen molar-refractivity contribution in [2.75, 3.05) is 0 Å². The first-order chi connectivity index (χ1) is 11.4. The van der Waals surface area contributed by atoms with Gasteiger partial charge in [0.1, 0.15) is 6.54 Å². The summed E-state index contributed by atoms with van der Waals surface area (Å²) in [6.07, 6.45) is 3.58. The van der Waals surface area contributed by atoms with E-state index in [9.17, 15) is 9.59 Å². The molecule has 0 saturated heterocycles. The molecule has 0 bridgehead atoms. The molecule has 0 aliphatic heterocycles. The minimum atomic E-state index is -1.09. The molecule has 1 heterocycles. The first-order valence-electron chi connectivity index (χ1n) is 8.06. The van der Waals surface area contributed by atoms with Crippen LogP contribution in [-0.2, 0) is 17.9 Å². The molecular weight excluding hydrogens is 306 g/mol. The molecule has 3 rings (SSSR count). The Hall–Kier alpha value is -2.63. The van der Waals surface area contributed by atoms with E-state index in [0.717, 1.165) is 18.4 Å². The number of aromatic nitrogens is 2. The van der Waals surface area contributed by atoms with Crippen LogP contribution >= 0.6 is 0 Å². The van der Waals surface area contributed by atoms with Crippen LogP contribution in [0.1, 0.15) is 40.0 Å². The van der Waals surface area contributed by atoms with Gasteiger partial charge in [-0.1, -0.05) is 18.2 Å². The van der Waals surface area contributed by atoms with Gasteiger partial charge >= 0.3 is 5.97 Å². The van der Waals surface area contributed by atoms with Gasteiger partial charge in [-0.3, -0.25) is 9.48 Å². The van der Waals surface area contributed by atoms with E-state index in [4.69, 9.17) is 5.11 Å². The summed E-state index contributed by atoms with van der Waals surface area (Å²) in [4.78, 5) is 25.4. The van der Waals surface area contributed by atoms with Crippen molar-refractivity contribution >= 4 is 11.9 Å². The van der Waals surface area contributed by atoms with Crippen molar-refractivity contribution in [3.05, 3.63) is 52.8 Å². The molecule has 1 saturated carbocycles. The molecule has 0 spiro atoms. The summed E-state index contributed by atoms with van der Waals surface area (Å²) in [5, 5.41) is 12.8. The molecule has 0 atom stereocenters. The number of aryl methyl sites for hydroxylation is 2. The number of aromatic carboxylic acids is 1. The number of hydrogen-bond acceptors (Lipinski definition) is 3. The molecule has 1 amide bonds. The van der Waals surface area contributed by atoms with Crippen LogP contribution in [0.3, 0.4) is 0 Å². The Morgan fingerprint density at radius 3 is 2.58 bits per heavy atom. The Balaban J connectivity index is 1.71. The monoisotopic (exact) mass is 327 g/mol. The molecule has 6 heteroatoms. The number of carbonyl (C=O) groups is 2. The first-order valence-corrected chi connectivity index (χ1v) is 8.06. The minimum absolute atomic E-state index is 0.0317. The van der Waals surface area contributed by atoms with Crippen molar-refractivity contribution in [1.82, 2.24) is 14.7 Å². The normalized spacial score (nSPS) is 13.8. The van der Waals surface area contributed by atoms with E-state index in [1.54, 1.807) is 0 Å². The summed E-state index contributed by atoms with van der Waals surface area (Å²) in [5.41, 5.74) is 3.52. The zero-order valence-electron chi connectivity index (χ0n) is 13.9. The molecule has 2 aromatic rings. The molecule has 0 radical (unpaired) electrons. The smallest absolute Gasteiger partial charge is 0.356 e.